The number of hydrogen-bond acceptors (Lipinski definition) is 3. The minimum atomic E-state index is 0.167. The summed E-state index contributed by atoms with van der Waals surface area (Å²) in [5.74, 6) is 0.839. The van der Waals surface area contributed by atoms with E-state index < -0.39 is 0 Å². The third-order valence-electron chi connectivity index (χ3n) is 4.36. The van der Waals surface area contributed by atoms with E-state index in [4.69, 9.17) is 10.5 Å². The van der Waals surface area contributed by atoms with Gasteiger partial charge in [0.1, 0.15) is 0 Å². The standard InChI is InChI=1S/C14H30N2O/c1-13(2,3)12-5-7-14(11-15,8-6-12)16-9-10-17-4/h12,16H,5-11,15H2,1-4H3. The van der Waals surface area contributed by atoms with E-state index >= 15 is 0 Å². The first-order valence-electron chi connectivity index (χ1n) is 6.87. The molecule has 0 unspecified atom stereocenters. The third-order valence-corrected chi connectivity index (χ3v) is 4.36. The molecule has 0 aliphatic heterocycles. The Hall–Kier alpha value is -0.120. The fourth-order valence-corrected chi connectivity index (χ4v) is 2.91. The Morgan fingerprint density at radius 2 is 1.88 bits per heavy atom. The molecule has 3 N–H and O–H groups in total. The fraction of sp³-hybridized carbons (Fsp3) is 1.00. The van der Waals surface area contributed by atoms with Gasteiger partial charge < -0.3 is 15.8 Å². The number of hydrogen-bond donors (Lipinski definition) is 2. The molecular formula is C14H30N2O. The zero-order valence-electron chi connectivity index (χ0n) is 12.0. The smallest absolute Gasteiger partial charge is 0.0587 e. The Kier molecular flexibility index (Phi) is 5.42. The van der Waals surface area contributed by atoms with Crippen LogP contribution in [0.2, 0.25) is 0 Å². The molecule has 0 amide bonds. The largest absolute Gasteiger partial charge is 0.383 e. The molecule has 0 heterocycles. The van der Waals surface area contributed by atoms with Crippen LogP contribution in [-0.4, -0.2) is 32.3 Å². The topological polar surface area (TPSA) is 47.3 Å². The summed E-state index contributed by atoms with van der Waals surface area (Å²) in [6.07, 6.45) is 4.99. The molecule has 1 fully saturated rings. The lowest BCUT2D eigenvalue weighted by Gasteiger charge is -2.44. The monoisotopic (exact) mass is 242 g/mol. The Bertz CT molecular complexity index is 215. The molecule has 3 heteroatoms. The van der Waals surface area contributed by atoms with E-state index in [2.05, 4.69) is 26.1 Å². The maximum atomic E-state index is 5.97. The van der Waals surface area contributed by atoms with Gasteiger partial charge in [0.15, 0.2) is 0 Å². The highest BCUT2D eigenvalue weighted by Crippen LogP contribution is 2.40. The van der Waals surface area contributed by atoms with Crippen LogP contribution >= 0.6 is 0 Å². The Balaban J connectivity index is 2.45. The van der Waals surface area contributed by atoms with Crippen LogP contribution in [0.4, 0.5) is 0 Å². The van der Waals surface area contributed by atoms with Gasteiger partial charge in [-0.2, -0.15) is 0 Å². The summed E-state index contributed by atoms with van der Waals surface area (Å²) in [5, 5.41) is 3.61. The highest BCUT2D eigenvalue weighted by atomic mass is 16.5. The maximum absolute atomic E-state index is 5.97. The molecule has 3 nitrogen and oxygen atoms in total. The second-order valence-electron chi connectivity index (χ2n) is 6.54. The van der Waals surface area contributed by atoms with E-state index in [1.165, 1.54) is 25.7 Å². The molecule has 0 aromatic rings. The average Bonchev–Trinajstić information content (AvgIpc) is 2.29. The van der Waals surface area contributed by atoms with Crippen LogP contribution in [0.15, 0.2) is 0 Å². The Labute approximate surface area is 106 Å². The Morgan fingerprint density at radius 1 is 1.29 bits per heavy atom. The van der Waals surface area contributed by atoms with Gasteiger partial charge in [0.05, 0.1) is 6.61 Å². The molecule has 1 aliphatic carbocycles. The molecule has 17 heavy (non-hydrogen) atoms. The number of nitrogens with one attached hydrogen (secondary N) is 1. The van der Waals surface area contributed by atoms with Crippen LogP contribution < -0.4 is 11.1 Å². The lowest BCUT2D eigenvalue weighted by atomic mass is 9.67. The minimum absolute atomic E-state index is 0.167. The SMILES string of the molecule is COCCNC1(CN)CCC(C(C)(C)C)CC1. The van der Waals surface area contributed by atoms with Crippen molar-refractivity contribution in [2.45, 2.75) is 52.0 Å². The second kappa shape index (κ2) is 6.17. The lowest BCUT2D eigenvalue weighted by molar-refractivity contribution is 0.109. The van der Waals surface area contributed by atoms with Crippen molar-refractivity contribution < 1.29 is 4.74 Å². The molecule has 102 valence electrons. The van der Waals surface area contributed by atoms with E-state index in [1.54, 1.807) is 7.11 Å². The van der Waals surface area contributed by atoms with E-state index in [-0.39, 0.29) is 5.54 Å². The van der Waals surface area contributed by atoms with Gasteiger partial charge in [-0.1, -0.05) is 20.8 Å². The number of ether oxygens (including phenoxy) is 1. The van der Waals surface area contributed by atoms with Crippen molar-refractivity contribution in [1.82, 2.24) is 5.32 Å². The normalized spacial score (nSPS) is 30.5. The van der Waals surface area contributed by atoms with Crippen molar-refractivity contribution in [3.05, 3.63) is 0 Å². The first kappa shape index (κ1) is 14.9. The van der Waals surface area contributed by atoms with Gasteiger partial charge in [-0.05, 0) is 37.0 Å². The van der Waals surface area contributed by atoms with E-state index in [0.717, 1.165) is 25.6 Å². The summed E-state index contributed by atoms with van der Waals surface area (Å²) in [6.45, 7) is 9.48. The average molecular weight is 242 g/mol. The van der Waals surface area contributed by atoms with Crippen LogP contribution in [0.3, 0.4) is 0 Å². The fourth-order valence-electron chi connectivity index (χ4n) is 2.91. The van der Waals surface area contributed by atoms with Gasteiger partial charge in [0.25, 0.3) is 0 Å². The summed E-state index contributed by atoms with van der Waals surface area (Å²) in [6, 6.07) is 0. The Morgan fingerprint density at radius 3 is 2.29 bits per heavy atom. The van der Waals surface area contributed by atoms with Crippen molar-refractivity contribution in [2.24, 2.45) is 17.1 Å². The quantitative estimate of drug-likeness (QED) is 0.726. The summed E-state index contributed by atoms with van der Waals surface area (Å²) < 4.78 is 5.09. The predicted octanol–water partition coefficient (Wildman–Crippen LogP) is 2.16. The molecule has 1 saturated carbocycles. The molecule has 1 rings (SSSR count). The predicted molar refractivity (Wildman–Crippen MR) is 73.1 cm³/mol. The van der Waals surface area contributed by atoms with Gasteiger partial charge in [-0.3, -0.25) is 0 Å². The van der Waals surface area contributed by atoms with Crippen molar-refractivity contribution in [3.8, 4) is 0 Å². The van der Waals surface area contributed by atoms with Crippen molar-refractivity contribution in [2.75, 3.05) is 26.8 Å². The summed E-state index contributed by atoms with van der Waals surface area (Å²) in [4.78, 5) is 0. The minimum Gasteiger partial charge on any atom is -0.383 e. The van der Waals surface area contributed by atoms with Crippen molar-refractivity contribution >= 4 is 0 Å². The molecular weight excluding hydrogens is 212 g/mol. The van der Waals surface area contributed by atoms with E-state index in [9.17, 15) is 0 Å². The van der Waals surface area contributed by atoms with Crippen LogP contribution in [0, 0.1) is 11.3 Å². The van der Waals surface area contributed by atoms with Gasteiger partial charge in [0, 0.05) is 25.7 Å². The number of rotatable bonds is 5. The van der Waals surface area contributed by atoms with Crippen molar-refractivity contribution in [3.63, 3.8) is 0 Å². The van der Waals surface area contributed by atoms with Gasteiger partial charge >= 0.3 is 0 Å². The van der Waals surface area contributed by atoms with Crippen LogP contribution in [0.5, 0.6) is 0 Å². The second-order valence-corrected chi connectivity index (χ2v) is 6.54. The first-order valence-corrected chi connectivity index (χ1v) is 6.87. The summed E-state index contributed by atoms with van der Waals surface area (Å²) >= 11 is 0. The highest BCUT2D eigenvalue weighted by molar-refractivity contribution is 4.95. The van der Waals surface area contributed by atoms with Gasteiger partial charge in [-0.25, -0.2) is 0 Å². The highest BCUT2D eigenvalue weighted by Gasteiger charge is 2.37. The van der Waals surface area contributed by atoms with Crippen LogP contribution in [-0.2, 0) is 4.74 Å². The first-order chi connectivity index (χ1) is 7.93. The zero-order chi connectivity index (χ0) is 12.9. The van der Waals surface area contributed by atoms with Crippen LogP contribution in [0.1, 0.15) is 46.5 Å². The molecule has 0 aromatic heterocycles. The molecule has 1 aliphatic rings. The molecule has 0 spiro atoms. The molecule has 0 aromatic carbocycles. The van der Waals surface area contributed by atoms with Gasteiger partial charge in [0.2, 0.25) is 0 Å². The van der Waals surface area contributed by atoms with Crippen molar-refractivity contribution in [1.29, 1.82) is 0 Å². The van der Waals surface area contributed by atoms with Gasteiger partial charge in [-0.15, -0.1) is 0 Å². The third kappa shape index (κ3) is 4.23. The maximum Gasteiger partial charge on any atom is 0.0587 e. The summed E-state index contributed by atoms with van der Waals surface area (Å²) in [7, 11) is 1.74. The van der Waals surface area contributed by atoms with Crippen LogP contribution in [0.25, 0.3) is 0 Å². The molecule has 0 bridgehead atoms. The van der Waals surface area contributed by atoms with E-state index in [0.29, 0.717) is 5.41 Å². The molecule has 0 saturated heterocycles. The van der Waals surface area contributed by atoms with E-state index in [1.807, 2.05) is 0 Å². The number of nitrogens with two attached hydrogens (primary N) is 1. The number of methoxy groups -OCH3 is 1. The lowest BCUT2D eigenvalue weighted by Crippen LogP contribution is -2.54. The molecule has 0 atom stereocenters. The molecule has 0 radical (unpaired) electrons. The zero-order valence-corrected chi connectivity index (χ0v) is 12.0. The summed E-state index contributed by atoms with van der Waals surface area (Å²) in [5.41, 5.74) is 6.58.